The molecule has 2 aromatic heterocycles. The van der Waals surface area contributed by atoms with E-state index in [0.717, 1.165) is 0 Å². The predicted octanol–water partition coefficient (Wildman–Crippen LogP) is 0.430. The maximum atomic E-state index is 11.7. The third-order valence-electron chi connectivity index (χ3n) is 2.83. The van der Waals surface area contributed by atoms with Crippen molar-refractivity contribution in [2.45, 2.75) is 46.2 Å². The van der Waals surface area contributed by atoms with E-state index in [9.17, 15) is 9.59 Å². The highest BCUT2D eigenvalue weighted by Crippen LogP contribution is 2.09. The van der Waals surface area contributed by atoms with Gasteiger partial charge >= 0.3 is 0 Å². The molecule has 112 valence electrons. The van der Waals surface area contributed by atoms with Crippen LogP contribution in [0.3, 0.4) is 0 Å². The molecule has 8 nitrogen and oxygen atoms in total. The van der Waals surface area contributed by atoms with Crippen LogP contribution in [0.2, 0.25) is 0 Å². The lowest BCUT2D eigenvalue weighted by atomic mass is 10.1. The predicted molar refractivity (Wildman–Crippen MR) is 75.0 cm³/mol. The summed E-state index contributed by atoms with van der Waals surface area (Å²) in [6.45, 7) is 7.63. The number of aromatic nitrogens is 6. The second kappa shape index (κ2) is 5.55. The summed E-state index contributed by atoms with van der Waals surface area (Å²) in [6.07, 6.45) is 0.421. The van der Waals surface area contributed by atoms with Gasteiger partial charge in [-0.1, -0.05) is 0 Å². The van der Waals surface area contributed by atoms with Crippen LogP contribution in [0, 0.1) is 0 Å². The Morgan fingerprint density at radius 1 is 1.24 bits per heavy atom. The molecule has 21 heavy (non-hydrogen) atoms. The first-order valence-electron chi connectivity index (χ1n) is 6.66. The zero-order valence-electron chi connectivity index (χ0n) is 12.6. The van der Waals surface area contributed by atoms with Crippen molar-refractivity contribution in [3.05, 3.63) is 34.0 Å². The largest absolute Gasteiger partial charge is 0.293 e. The number of aryl methyl sites for hydroxylation is 2. The van der Waals surface area contributed by atoms with Crippen molar-refractivity contribution in [3.63, 3.8) is 0 Å². The van der Waals surface area contributed by atoms with Crippen molar-refractivity contribution in [1.82, 2.24) is 30.0 Å². The zero-order valence-corrected chi connectivity index (χ0v) is 12.6. The second-order valence-corrected chi connectivity index (χ2v) is 5.75. The van der Waals surface area contributed by atoms with Gasteiger partial charge in [-0.3, -0.25) is 9.59 Å². The van der Waals surface area contributed by atoms with Gasteiger partial charge in [-0.05, 0) is 32.1 Å². The van der Waals surface area contributed by atoms with E-state index >= 15 is 0 Å². The lowest BCUT2D eigenvalue weighted by molar-refractivity contribution is 0.101. The summed E-state index contributed by atoms with van der Waals surface area (Å²) < 4.78 is 1.24. The standard InChI is InChI=1S/C13H18N6O2/c1-9(20)10-5-6-12(21)18(15-10)8-7-11-14-17-19(16-11)13(2,3)4/h5-6H,7-8H2,1-4H3. The van der Waals surface area contributed by atoms with Gasteiger partial charge in [0.1, 0.15) is 5.69 Å². The van der Waals surface area contributed by atoms with Crippen molar-refractivity contribution in [2.75, 3.05) is 0 Å². The highest BCUT2D eigenvalue weighted by atomic mass is 16.1. The minimum Gasteiger partial charge on any atom is -0.293 e. The van der Waals surface area contributed by atoms with Crippen molar-refractivity contribution in [1.29, 1.82) is 0 Å². The molecular weight excluding hydrogens is 272 g/mol. The molecule has 0 amide bonds. The molecule has 8 heteroatoms. The Morgan fingerprint density at radius 2 is 1.95 bits per heavy atom. The van der Waals surface area contributed by atoms with Crippen LogP contribution in [0.25, 0.3) is 0 Å². The SMILES string of the molecule is CC(=O)c1ccc(=O)n(CCc2nnn(C(C)(C)C)n2)n1. The first-order valence-corrected chi connectivity index (χ1v) is 6.66. The van der Waals surface area contributed by atoms with E-state index < -0.39 is 0 Å². The van der Waals surface area contributed by atoms with Crippen LogP contribution in [-0.4, -0.2) is 35.8 Å². The van der Waals surface area contributed by atoms with E-state index in [1.807, 2.05) is 20.8 Å². The van der Waals surface area contributed by atoms with Crippen molar-refractivity contribution < 1.29 is 4.79 Å². The maximum Gasteiger partial charge on any atom is 0.266 e. The third-order valence-corrected chi connectivity index (χ3v) is 2.83. The number of carbonyl (C=O) groups excluding carboxylic acids is 1. The average Bonchev–Trinajstić information content (AvgIpc) is 2.86. The number of ketones is 1. The van der Waals surface area contributed by atoms with Crippen LogP contribution in [0.15, 0.2) is 16.9 Å². The molecule has 0 spiro atoms. The highest BCUT2D eigenvalue weighted by Gasteiger charge is 2.17. The molecule has 0 aromatic carbocycles. The third kappa shape index (κ3) is 3.59. The quantitative estimate of drug-likeness (QED) is 0.758. The summed E-state index contributed by atoms with van der Waals surface area (Å²) in [7, 11) is 0. The summed E-state index contributed by atoms with van der Waals surface area (Å²) in [6, 6.07) is 2.76. The van der Waals surface area contributed by atoms with Gasteiger partial charge in [0.05, 0.1) is 12.1 Å². The smallest absolute Gasteiger partial charge is 0.266 e. The van der Waals surface area contributed by atoms with Crippen LogP contribution in [-0.2, 0) is 18.5 Å². The molecule has 0 aliphatic rings. The fourth-order valence-corrected chi connectivity index (χ4v) is 1.63. The molecule has 0 unspecified atom stereocenters. The van der Waals surface area contributed by atoms with Crippen LogP contribution in [0.1, 0.15) is 44.0 Å². The van der Waals surface area contributed by atoms with Gasteiger partial charge in [0, 0.05) is 19.4 Å². The van der Waals surface area contributed by atoms with Crippen LogP contribution in [0.5, 0.6) is 0 Å². The molecule has 0 aliphatic heterocycles. The number of nitrogens with zero attached hydrogens (tertiary/aromatic N) is 6. The maximum absolute atomic E-state index is 11.7. The summed E-state index contributed by atoms with van der Waals surface area (Å²) in [5.74, 6) is 0.354. The first kappa shape index (κ1) is 15.0. The molecule has 0 aliphatic carbocycles. The molecule has 2 rings (SSSR count). The topological polar surface area (TPSA) is 95.6 Å². The minimum absolute atomic E-state index is 0.180. The summed E-state index contributed by atoms with van der Waals surface area (Å²) >= 11 is 0. The number of hydrogen-bond donors (Lipinski definition) is 0. The first-order chi connectivity index (χ1) is 9.77. The average molecular weight is 290 g/mol. The van der Waals surface area contributed by atoms with Crippen LogP contribution < -0.4 is 5.56 Å². The van der Waals surface area contributed by atoms with Crippen molar-refractivity contribution in [3.8, 4) is 0 Å². The molecule has 2 aromatic rings. The number of Topliss-reactive ketones (excluding diaryl/α,β-unsaturated/α-hetero) is 1. The Morgan fingerprint density at radius 3 is 2.52 bits per heavy atom. The molecule has 0 atom stereocenters. The molecule has 0 saturated carbocycles. The Bertz CT molecular complexity index is 710. The van der Waals surface area contributed by atoms with Gasteiger partial charge in [0.25, 0.3) is 5.56 Å². The summed E-state index contributed by atoms with van der Waals surface area (Å²) in [4.78, 5) is 24.5. The molecular formula is C13H18N6O2. The van der Waals surface area contributed by atoms with Gasteiger partial charge in [-0.25, -0.2) is 4.68 Å². The molecule has 2 heterocycles. The zero-order chi connectivity index (χ0) is 15.6. The molecule has 0 saturated heterocycles. The lowest BCUT2D eigenvalue weighted by Gasteiger charge is -2.15. The normalized spacial score (nSPS) is 11.6. The number of rotatable bonds is 4. The van der Waals surface area contributed by atoms with Gasteiger partial charge in [-0.15, -0.1) is 10.2 Å². The van der Waals surface area contributed by atoms with E-state index in [4.69, 9.17) is 0 Å². The second-order valence-electron chi connectivity index (χ2n) is 5.75. The van der Waals surface area contributed by atoms with Gasteiger partial charge < -0.3 is 0 Å². The van der Waals surface area contributed by atoms with E-state index in [1.54, 1.807) is 0 Å². The fraction of sp³-hybridized carbons (Fsp3) is 0.538. The fourth-order valence-electron chi connectivity index (χ4n) is 1.63. The monoisotopic (exact) mass is 290 g/mol. The molecule has 0 N–H and O–H groups in total. The van der Waals surface area contributed by atoms with Crippen LogP contribution >= 0.6 is 0 Å². The van der Waals surface area contributed by atoms with Gasteiger partial charge in [-0.2, -0.15) is 9.90 Å². The Kier molecular flexibility index (Phi) is 3.97. The molecule has 0 fully saturated rings. The summed E-state index contributed by atoms with van der Waals surface area (Å²) in [5, 5.41) is 16.2. The number of hydrogen-bond acceptors (Lipinski definition) is 6. The Labute approximate surface area is 121 Å². The van der Waals surface area contributed by atoms with E-state index in [1.165, 1.54) is 28.5 Å². The Balaban J connectivity index is 2.13. The Hall–Kier alpha value is -2.38. The summed E-state index contributed by atoms with van der Waals surface area (Å²) in [5.41, 5.74) is -0.237. The molecule has 0 bridgehead atoms. The van der Waals surface area contributed by atoms with E-state index in [-0.39, 0.29) is 22.6 Å². The number of tetrazole rings is 1. The van der Waals surface area contributed by atoms with Crippen molar-refractivity contribution >= 4 is 5.78 Å². The van der Waals surface area contributed by atoms with Crippen molar-refractivity contribution in [2.24, 2.45) is 0 Å². The molecule has 0 radical (unpaired) electrons. The van der Waals surface area contributed by atoms with E-state index in [2.05, 4.69) is 20.5 Å². The number of carbonyl (C=O) groups is 1. The highest BCUT2D eigenvalue weighted by molar-refractivity contribution is 5.91. The minimum atomic E-state index is -0.261. The van der Waals surface area contributed by atoms with Crippen LogP contribution in [0.4, 0.5) is 0 Å². The van der Waals surface area contributed by atoms with Gasteiger partial charge in [0.15, 0.2) is 11.6 Å². The van der Waals surface area contributed by atoms with Gasteiger partial charge in [0.2, 0.25) is 0 Å². The van der Waals surface area contributed by atoms with E-state index in [0.29, 0.717) is 18.8 Å². The lowest BCUT2D eigenvalue weighted by Crippen LogP contribution is -2.26.